The summed E-state index contributed by atoms with van der Waals surface area (Å²) < 4.78 is 25.1. The van der Waals surface area contributed by atoms with E-state index < -0.39 is 21.1 Å². The van der Waals surface area contributed by atoms with Crippen LogP contribution in [0.2, 0.25) is 7.25 Å². The van der Waals surface area contributed by atoms with E-state index in [0.717, 1.165) is 11.5 Å². The second kappa shape index (κ2) is 10.7. The molecule has 4 rings (SSSR count). The molecule has 2 aliphatic rings. The molecule has 0 radical (unpaired) electrons. The fourth-order valence-electron chi connectivity index (χ4n) is 3.69. The molecule has 0 amide bonds. The zero-order chi connectivity index (χ0) is 21.5. The zero-order valence-electron chi connectivity index (χ0n) is 16.8. The van der Waals surface area contributed by atoms with E-state index in [4.69, 9.17) is 15.1 Å². The van der Waals surface area contributed by atoms with Crippen LogP contribution in [0.3, 0.4) is 0 Å². The molecule has 0 fully saturated rings. The maximum atomic E-state index is 6.88. The van der Waals surface area contributed by atoms with Crippen LogP contribution in [0.25, 0.3) is 0 Å². The number of thiol groups is 2. The number of benzene rings is 2. The number of ether oxygens (including phenoxy) is 2. The SMILES string of the molecule is SCOc1cccc([O][Zr]([O]c2cccc(OCS)c2)([CH]2C=CC=C2)[CH]2C=CC=C2)c1. The van der Waals surface area contributed by atoms with Crippen molar-refractivity contribution < 1.29 is 36.2 Å². The van der Waals surface area contributed by atoms with Crippen LogP contribution in [0.5, 0.6) is 23.0 Å². The predicted molar refractivity (Wildman–Crippen MR) is 127 cm³/mol. The molecule has 0 N–H and O–H groups in total. The molecular formula is C24H24O4S2Zr. The van der Waals surface area contributed by atoms with E-state index in [0.29, 0.717) is 23.4 Å². The first-order chi connectivity index (χ1) is 15.2. The van der Waals surface area contributed by atoms with Gasteiger partial charge in [-0.15, -0.1) is 0 Å². The molecule has 0 bridgehead atoms. The van der Waals surface area contributed by atoms with Gasteiger partial charge in [0.25, 0.3) is 0 Å². The zero-order valence-corrected chi connectivity index (χ0v) is 21.1. The van der Waals surface area contributed by atoms with Crippen molar-refractivity contribution in [3.05, 3.63) is 97.1 Å². The molecule has 0 saturated carbocycles. The Balaban J connectivity index is 1.75. The fourth-order valence-corrected chi connectivity index (χ4v) is 12.7. The Hall–Kier alpha value is -1.82. The summed E-state index contributed by atoms with van der Waals surface area (Å²) >= 11 is 4.32. The Bertz CT molecular complexity index is 913. The average Bonchev–Trinajstić information content (AvgIpc) is 3.49. The van der Waals surface area contributed by atoms with Crippen LogP contribution in [-0.4, -0.2) is 11.9 Å². The van der Waals surface area contributed by atoms with Gasteiger partial charge in [-0.2, -0.15) is 0 Å². The van der Waals surface area contributed by atoms with Gasteiger partial charge in [-0.1, -0.05) is 0 Å². The summed E-state index contributed by atoms with van der Waals surface area (Å²) in [7, 11) is 0. The van der Waals surface area contributed by atoms with Gasteiger partial charge in [0.1, 0.15) is 0 Å². The van der Waals surface area contributed by atoms with Gasteiger partial charge in [0.05, 0.1) is 0 Å². The first-order valence-electron chi connectivity index (χ1n) is 9.99. The average molecular weight is 532 g/mol. The molecule has 0 aromatic heterocycles. The quantitative estimate of drug-likeness (QED) is 0.271. The van der Waals surface area contributed by atoms with Gasteiger partial charge in [0.2, 0.25) is 0 Å². The van der Waals surface area contributed by atoms with Crippen molar-refractivity contribution in [2.24, 2.45) is 0 Å². The van der Waals surface area contributed by atoms with Gasteiger partial charge < -0.3 is 0 Å². The third-order valence-corrected chi connectivity index (χ3v) is 14.5. The number of hydrogen-bond donors (Lipinski definition) is 2. The van der Waals surface area contributed by atoms with Gasteiger partial charge >= 0.3 is 201 Å². The Kier molecular flexibility index (Phi) is 7.70. The number of rotatable bonds is 10. The molecule has 0 heterocycles. The van der Waals surface area contributed by atoms with E-state index >= 15 is 0 Å². The predicted octanol–water partition coefficient (Wildman–Crippen LogP) is 6.49. The van der Waals surface area contributed by atoms with Gasteiger partial charge in [0, 0.05) is 0 Å². The molecule has 160 valence electrons. The van der Waals surface area contributed by atoms with E-state index in [2.05, 4.69) is 73.9 Å². The van der Waals surface area contributed by atoms with E-state index in [-0.39, 0.29) is 7.25 Å². The Morgan fingerprint density at radius 1 is 0.613 bits per heavy atom. The summed E-state index contributed by atoms with van der Waals surface area (Å²) in [5.74, 6) is 3.50. The van der Waals surface area contributed by atoms with E-state index in [1.165, 1.54) is 0 Å². The van der Waals surface area contributed by atoms with Crippen LogP contribution in [0, 0.1) is 0 Å². The van der Waals surface area contributed by atoms with E-state index in [1.54, 1.807) is 0 Å². The van der Waals surface area contributed by atoms with Crippen molar-refractivity contribution in [1.29, 1.82) is 0 Å². The summed E-state index contributed by atoms with van der Waals surface area (Å²) in [6, 6.07) is 15.3. The van der Waals surface area contributed by atoms with Crippen molar-refractivity contribution in [3.63, 3.8) is 0 Å². The first kappa shape index (κ1) is 22.4. The molecule has 2 aromatic rings. The second-order valence-electron chi connectivity index (χ2n) is 7.01. The molecule has 0 saturated heterocycles. The molecule has 2 aliphatic carbocycles. The van der Waals surface area contributed by atoms with Crippen LogP contribution in [0.4, 0.5) is 0 Å². The molecule has 0 spiro atoms. The van der Waals surface area contributed by atoms with Crippen LogP contribution < -0.4 is 15.1 Å². The van der Waals surface area contributed by atoms with Gasteiger partial charge in [-0.3, -0.25) is 0 Å². The Labute approximate surface area is 199 Å². The van der Waals surface area contributed by atoms with Crippen molar-refractivity contribution in [2.75, 3.05) is 11.9 Å². The van der Waals surface area contributed by atoms with Crippen LogP contribution in [0.1, 0.15) is 0 Å². The Morgan fingerprint density at radius 3 is 1.39 bits per heavy atom. The molecule has 2 aromatic carbocycles. The van der Waals surface area contributed by atoms with Gasteiger partial charge in [-0.25, -0.2) is 0 Å². The van der Waals surface area contributed by atoms with Crippen molar-refractivity contribution in [2.45, 2.75) is 7.25 Å². The van der Waals surface area contributed by atoms with E-state index in [9.17, 15) is 0 Å². The molecule has 31 heavy (non-hydrogen) atoms. The number of hydrogen-bond acceptors (Lipinski definition) is 6. The topological polar surface area (TPSA) is 36.9 Å². The van der Waals surface area contributed by atoms with Crippen LogP contribution >= 0.6 is 25.3 Å². The summed E-state index contributed by atoms with van der Waals surface area (Å²) in [4.78, 5) is 0. The van der Waals surface area contributed by atoms with E-state index in [1.807, 2.05) is 48.5 Å². The van der Waals surface area contributed by atoms with Crippen LogP contribution in [-0.2, 0) is 21.1 Å². The normalized spacial score (nSPS) is 15.5. The fraction of sp³-hybridized carbons (Fsp3) is 0.167. The van der Waals surface area contributed by atoms with Crippen molar-refractivity contribution in [1.82, 2.24) is 0 Å². The van der Waals surface area contributed by atoms with Crippen molar-refractivity contribution in [3.8, 4) is 23.0 Å². The third-order valence-electron chi connectivity index (χ3n) is 5.05. The maximum absolute atomic E-state index is 6.88. The minimum atomic E-state index is -4.00. The summed E-state index contributed by atoms with van der Waals surface area (Å²) in [5.41, 5.74) is 0. The summed E-state index contributed by atoms with van der Waals surface area (Å²) in [6.45, 7) is 0. The molecule has 7 heteroatoms. The minimum absolute atomic E-state index is 0.0932. The summed E-state index contributed by atoms with van der Waals surface area (Å²) in [6.07, 6.45) is 17.0. The van der Waals surface area contributed by atoms with Crippen LogP contribution in [0.15, 0.2) is 97.1 Å². The van der Waals surface area contributed by atoms with Gasteiger partial charge in [0.15, 0.2) is 0 Å². The monoisotopic (exact) mass is 530 g/mol. The molecular weight excluding hydrogens is 508 g/mol. The molecule has 4 nitrogen and oxygen atoms in total. The third kappa shape index (κ3) is 5.33. The van der Waals surface area contributed by atoms with Crippen molar-refractivity contribution >= 4 is 25.3 Å². The summed E-state index contributed by atoms with van der Waals surface area (Å²) in [5, 5.41) is 0. The molecule has 0 atom stereocenters. The standard InChI is InChI=1S/2C7H8O2S.2C5H5.Zr/c2*8-6-2-1-3-7(4-6)9-5-10;2*1-2-4-5-3-1;/h2*1-4,8,10H,5H2;2*1-5H;/q;;;;+2/p-2. The molecule has 0 aliphatic heterocycles. The number of allylic oxidation sites excluding steroid dienone is 8. The Morgan fingerprint density at radius 2 is 1.00 bits per heavy atom. The first-order valence-corrected chi connectivity index (χ1v) is 16.1. The van der Waals surface area contributed by atoms with Gasteiger partial charge in [-0.05, 0) is 0 Å². The molecule has 0 unspecified atom stereocenters. The second-order valence-corrected chi connectivity index (χ2v) is 15.4.